The van der Waals surface area contributed by atoms with Crippen molar-refractivity contribution in [1.29, 1.82) is 0 Å². The summed E-state index contributed by atoms with van der Waals surface area (Å²) in [5.41, 5.74) is 8.04. The summed E-state index contributed by atoms with van der Waals surface area (Å²) in [5, 5.41) is 0. The van der Waals surface area contributed by atoms with Crippen LogP contribution in [-0.2, 0) is 6.54 Å². The van der Waals surface area contributed by atoms with Crippen LogP contribution in [0, 0.1) is 0 Å². The number of nitrogens with zero attached hydrogens (tertiary/aromatic N) is 2. The van der Waals surface area contributed by atoms with Crippen molar-refractivity contribution in [3.63, 3.8) is 0 Å². The third kappa shape index (κ3) is 4.31. The first-order chi connectivity index (χ1) is 12.2. The van der Waals surface area contributed by atoms with Crippen LogP contribution in [-0.4, -0.2) is 34.0 Å². The van der Waals surface area contributed by atoms with Gasteiger partial charge in [0.25, 0.3) is 5.91 Å². The minimum Gasteiger partial charge on any atom is -0.339 e. The second-order valence-electron chi connectivity index (χ2n) is 7.07. The van der Waals surface area contributed by atoms with Crippen molar-refractivity contribution >= 4 is 5.91 Å². The highest BCUT2D eigenvalue weighted by molar-refractivity contribution is 5.93. The maximum Gasteiger partial charge on any atom is 0.270 e. The number of aromatic nitrogens is 1. The van der Waals surface area contributed by atoms with Crippen LogP contribution < -0.4 is 5.73 Å². The lowest BCUT2D eigenvalue weighted by Gasteiger charge is -2.36. The maximum absolute atomic E-state index is 13.3. The molecule has 25 heavy (non-hydrogen) atoms. The second kappa shape index (κ2) is 8.34. The van der Waals surface area contributed by atoms with Gasteiger partial charge in [-0.05, 0) is 49.8 Å². The normalized spacial score (nSPS) is 20.4. The van der Waals surface area contributed by atoms with Crippen molar-refractivity contribution in [2.45, 2.75) is 57.7 Å². The van der Waals surface area contributed by atoms with Crippen molar-refractivity contribution < 1.29 is 4.79 Å². The van der Waals surface area contributed by atoms with Gasteiger partial charge < -0.3 is 15.2 Å². The van der Waals surface area contributed by atoms with Gasteiger partial charge in [0.05, 0.1) is 0 Å². The Kier molecular flexibility index (Phi) is 5.92. The molecule has 1 aromatic heterocycles. The predicted octanol–water partition coefficient (Wildman–Crippen LogP) is 3.66. The number of carbonyl (C=O) groups is 1. The van der Waals surface area contributed by atoms with Crippen molar-refractivity contribution in [3.05, 3.63) is 59.9 Å². The Hall–Kier alpha value is -2.07. The van der Waals surface area contributed by atoms with E-state index in [9.17, 15) is 4.79 Å². The molecule has 1 aliphatic rings. The summed E-state index contributed by atoms with van der Waals surface area (Å²) in [6, 6.07) is 14.8. The zero-order valence-corrected chi connectivity index (χ0v) is 15.1. The lowest BCUT2D eigenvalue weighted by atomic mass is 9.90. The SMILES string of the molecule is CCCN(C(=O)c1cccn1Cc1ccccc1)C1CCC(N)CC1. The van der Waals surface area contributed by atoms with Gasteiger partial charge in [-0.15, -0.1) is 0 Å². The molecule has 1 heterocycles. The fraction of sp³-hybridized carbons (Fsp3) is 0.476. The molecule has 0 saturated heterocycles. The van der Waals surface area contributed by atoms with Crippen LogP contribution in [0.3, 0.4) is 0 Å². The number of hydrogen-bond acceptors (Lipinski definition) is 2. The Morgan fingerprint density at radius 3 is 2.52 bits per heavy atom. The molecule has 4 heteroatoms. The van der Waals surface area contributed by atoms with Gasteiger partial charge in [-0.2, -0.15) is 0 Å². The first-order valence-electron chi connectivity index (χ1n) is 9.44. The molecule has 1 aromatic carbocycles. The minimum atomic E-state index is 0.156. The zero-order chi connectivity index (χ0) is 17.6. The molecule has 2 N–H and O–H groups in total. The Balaban J connectivity index is 1.77. The largest absolute Gasteiger partial charge is 0.339 e. The molecule has 134 valence electrons. The van der Waals surface area contributed by atoms with E-state index >= 15 is 0 Å². The first-order valence-corrected chi connectivity index (χ1v) is 9.44. The van der Waals surface area contributed by atoms with Crippen LogP contribution in [0.4, 0.5) is 0 Å². The van der Waals surface area contributed by atoms with Crippen molar-refractivity contribution in [3.8, 4) is 0 Å². The highest BCUT2D eigenvalue weighted by Crippen LogP contribution is 2.24. The third-order valence-corrected chi connectivity index (χ3v) is 5.15. The number of carbonyl (C=O) groups excluding carboxylic acids is 1. The minimum absolute atomic E-state index is 0.156. The van der Waals surface area contributed by atoms with E-state index in [1.165, 1.54) is 5.56 Å². The maximum atomic E-state index is 13.3. The molecular formula is C21H29N3O. The topological polar surface area (TPSA) is 51.3 Å². The van der Waals surface area contributed by atoms with Gasteiger partial charge in [0, 0.05) is 31.4 Å². The number of nitrogens with two attached hydrogens (primary N) is 1. The van der Waals surface area contributed by atoms with Crippen LogP contribution in [0.1, 0.15) is 55.1 Å². The van der Waals surface area contributed by atoms with Gasteiger partial charge in [0.15, 0.2) is 0 Å². The number of hydrogen-bond donors (Lipinski definition) is 1. The van der Waals surface area contributed by atoms with E-state index in [1.807, 2.05) is 36.5 Å². The van der Waals surface area contributed by atoms with E-state index in [0.29, 0.717) is 12.1 Å². The fourth-order valence-corrected chi connectivity index (χ4v) is 3.78. The monoisotopic (exact) mass is 339 g/mol. The highest BCUT2D eigenvalue weighted by Gasteiger charge is 2.29. The van der Waals surface area contributed by atoms with Crippen LogP contribution in [0.25, 0.3) is 0 Å². The molecule has 0 bridgehead atoms. The molecule has 3 rings (SSSR count). The third-order valence-electron chi connectivity index (χ3n) is 5.15. The lowest BCUT2D eigenvalue weighted by Crippen LogP contribution is -2.45. The van der Waals surface area contributed by atoms with Crippen LogP contribution >= 0.6 is 0 Å². The summed E-state index contributed by atoms with van der Waals surface area (Å²) in [5.74, 6) is 0.156. The standard InChI is InChI=1S/C21H29N3O/c1-2-14-24(19-12-10-18(22)11-13-19)21(25)20-9-6-15-23(20)16-17-7-4-3-5-8-17/h3-9,15,18-19H,2,10-14,16,22H2,1H3. The van der Waals surface area contributed by atoms with Crippen LogP contribution in [0.5, 0.6) is 0 Å². The molecule has 0 aliphatic heterocycles. The molecule has 0 atom stereocenters. The molecule has 0 radical (unpaired) electrons. The summed E-state index contributed by atoms with van der Waals surface area (Å²) in [6.45, 7) is 3.68. The van der Waals surface area contributed by atoms with Crippen LogP contribution in [0.2, 0.25) is 0 Å². The average Bonchev–Trinajstić information content (AvgIpc) is 3.09. The Bertz CT molecular complexity index is 671. The summed E-state index contributed by atoms with van der Waals surface area (Å²) >= 11 is 0. The van der Waals surface area contributed by atoms with Crippen LogP contribution in [0.15, 0.2) is 48.7 Å². The van der Waals surface area contributed by atoms with Gasteiger partial charge in [-0.1, -0.05) is 37.3 Å². The molecule has 1 amide bonds. The van der Waals surface area contributed by atoms with Gasteiger partial charge in [-0.3, -0.25) is 4.79 Å². The van der Waals surface area contributed by atoms with Crippen molar-refractivity contribution in [2.24, 2.45) is 5.73 Å². The Morgan fingerprint density at radius 1 is 1.12 bits per heavy atom. The summed E-state index contributed by atoms with van der Waals surface area (Å²) < 4.78 is 2.06. The lowest BCUT2D eigenvalue weighted by molar-refractivity contribution is 0.0616. The molecule has 2 aromatic rings. The molecule has 4 nitrogen and oxygen atoms in total. The van der Waals surface area contributed by atoms with E-state index in [0.717, 1.165) is 50.9 Å². The predicted molar refractivity (Wildman–Crippen MR) is 102 cm³/mol. The molecule has 1 aliphatic carbocycles. The van der Waals surface area contributed by atoms with Crippen molar-refractivity contribution in [1.82, 2.24) is 9.47 Å². The summed E-state index contributed by atoms with van der Waals surface area (Å²) in [4.78, 5) is 15.3. The van der Waals surface area contributed by atoms with Gasteiger partial charge in [0.1, 0.15) is 5.69 Å². The fourth-order valence-electron chi connectivity index (χ4n) is 3.78. The Labute approximate surface area is 150 Å². The number of amides is 1. The number of rotatable bonds is 6. The molecule has 1 fully saturated rings. The number of benzene rings is 1. The summed E-state index contributed by atoms with van der Waals surface area (Å²) in [7, 11) is 0. The Morgan fingerprint density at radius 2 is 1.84 bits per heavy atom. The molecule has 0 spiro atoms. The van der Waals surface area contributed by atoms with E-state index in [4.69, 9.17) is 5.73 Å². The first kappa shape index (κ1) is 17.7. The van der Waals surface area contributed by atoms with E-state index in [-0.39, 0.29) is 5.91 Å². The second-order valence-corrected chi connectivity index (χ2v) is 7.07. The molecular weight excluding hydrogens is 310 g/mol. The average molecular weight is 339 g/mol. The molecule has 1 saturated carbocycles. The molecule has 0 unspecified atom stereocenters. The van der Waals surface area contributed by atoms with E-state index < -0.39 is 0 Å². The van der Waals surface area contributed by atoms with Gasteiger partial charge in [-0.25, -0.2) is 0 Å². The zero-order valence-electron chi connectivity index (χ0n) is 15.1. The summed E-state index contributed by atoms with van der Waals surface area (Å²) in [6.07, 6.45) is 7.06. The van der Waals surface area contributed by atoms with Gasteiger partial charge in [0.2, 0.25) is 0 Å². The van der Waals surface area contributed by atoms with E-state index in [2.05, 4.69) is 28.5 Å². The smallest absolute Gasteiger partial charge is 0.270 e. The van der Waals surface area contributed by atoms with Gasteiger partial charge >= 0.3 is 0 Å². The quantitative estimate of drug-likeness (QED) is 0.873. The van der Waals surface area contributed by atoms with E-state index in [1.54, 1.807) is 0 Å². The highest BCUT2D eigenvalue weighted by atomic mass is 16.2. The van der Waals surface area contributed by atoms with Crippen molar-refractivity contribution in [2.75, 3.05) is 6.54 Å².